The minimum Gasteiger partial charge on any atom is -0.480 e. The third-order valence-electron chi connectivity index (χ3n) is 3.39. The lowest BCUT2D eigenvalue weighted by Crippen LogP contribution is -2.43. The highest BCUT2D eigenvalue weighted by Crippen LogP contribution is 2.20. The van der Waals surface area contributed by atoms with Crippen molar-refractivity contribution in [2.45, 2.75) is 32.9 Å². The lowest BCUT2D eigenvalue weighted by Gasteiger charge is -2.17. The predicted molar refractivity (Wildman–Crippen MR) is 86.0 cm³/mol. The number of carboxylic acids is 1. The second-order valence-corrected chi connectivity index (χ2v) is 6.17. The van der Waals surface area contributed by atoms with Gasteiger partial charge in [0, 0.05) is 16.7 Å². The van der Waals surface area contributed by atoms with Gasteiger partial charge in [-0.25, -0.2) is 4.79 Å². The maximum atomic E-state index is 12.1. The highest BCUT2D eigenvalue weighted by atomic mass is 35.5. The van der Waals surface area contributed by atoms with Crippen molar-refractivity contribution in [3.63, 3.8) is 0 Å². The number of amides is 1. The monoisotopic (exact) mass is 322 g/mol. The number of nitrogens with zero attached hydrogens (tertiary/aromatic N) is 1. The van der Waals surface area contributed by atoms with E-state index in [9.17, 15) is 9.59 Å². The molecule has 5 nitrogen and oxygen atoms in total. The van der Waals surface area contributed by atoms with Crippen molar-refractivity contribution >= 4 is 34.4 Å². The normalized spacial score (nSPS) is 12.5. The summed E-state index contributed by atoms with van der Waals surface area (Å²) >= 11 is 5.98. The van der Waals surface area contributed by atoms with Crippen molar-refractivity contribution in [1.82, 2.24) is 9.88 Å². The van der Waals surface area contributed by atoms with E-state index in [-0.39, 0.29) is 18.4 Å². The van der Waals surface area contributed by atoms with Crippen LogP contribution in [0.3, 0.4) is 0 Å². The molecule has 0 saturated heterocycles. The standard InChI is InChI=1S/C16H19ClN2O3/c1-10(2)7-13(16(21)22)18-15(20)9-19-6-5-11-3-4-12(17)8-14(11)19/h3-6,8,10,13H,7,9H2,1-2H3,(H,18,20)(H,21,22). The van der Waals surface area contributed by atoms with Gasteiger partial charge < -0.3 is 15.0 Å². The maximum Gasteiger partial charge on any atom is 0.326 e. The van der Waals surface area contributed by atoms with Crippen molar-refractivity contribution in [2.24, 2.45) is 5.92 Å². The van der Waals surface area contributed by atoms with Crippen LogP contribution < -0.4 is 5.32 Å². The molecule has 0 aliphatic heterocycles. The fourth-order valence-corrected chi connectivity index (χ4v) is 2.55. The third kappa shape index (κ3) is 4.01. The first-order valence-electron chi connectivity index (χ1n) is 7.13. The molecule has 6 heteroatoms. The average molecular weight is 323 g/mol. The van der Waals surface area contributed by atoms with E-state index in [0.29, 0.717) is 11.4 Å². The van der Waals surface area contributed by atoms with Crippen molar-refractivity contribution in [2.75, 3.05) is 0 Å². The summed E-state index contributed by atoms with van der Waals surface area (Å²) in [6, 6.07) is 6.48. The van der Waals surface area contributed by atoms with Crippen molar-refractivity contribution in [1.29, 1.82) is 0 Å². The number of halogens is 1. The topological polar surface area (TPSA) is 71.3 Å². The van der Waals surface area contributed by atoms with Crippen molar-refractivity contribution in [3.8, 4) is 0 Å². The number of rotatable bonds is 6. The molecule has 2 aromatic rings. The third-order valence-corrected chi connectivity index (χ3v) is 3.63. The van der Waals surface area contributed by atoms with Gasteiger partial charge in [0.15, 0.2) is 0 Å². The maximum absolute atomic E-state index is 12.1. The van der Waals surface area contributed by atoms with Crippen LogP contribution in [0.4, 0.5) is 0 Å². The van der Waals surface area contributed by atoms with E-state index >= 15 is 0 Å². The molecule has 1 aromatic heterocycles. The lowest BCUT2D eigenvalue weighted by atomic mass is 10.0. The van der Waals surface area contributed by atoms with E-state index < -0.39 is 12.0 Å². The highest BCUT2D eigenvalue weighted by molar-refractivity contribution is 6.31. The second-order valence-electron chi connectivity index (χ2n) is 5.73. The van der Waals surface area contributed by atoms with E-state index in [1.54, 1.807) is 22.9 Å². The first-order valence-corrected chi connectivity index (χ1v) is 7.51. The summed E-state index contributed by atoms with van der Waals surface area (Å²) in [6.07, 6.45) is 2.19. The Labute approximate surface area is 133 Å². The van der Waals surface area contributed by atoms with E-state index in [1.807, 2.05) is 26.0 Å². The number of hydrogen-bond acceptors (Lipinski definition) is 2. The molecular formula is C16H19ClN2O3. The quantitative estimate of drug-likeness (QED) is 0.859. The zero-order chi connectivity index (χ0) is 16.3. The molecule has 0 saturated carbocycles. The van der Waals surface area contributed by atoms with Crippen LogP contribution in [0.25, 0.3) is 10.9 Å². The van der Waals surface area contributed by atoms with Gasteiger partial charge in [-0.1, -0.05) is 31.5 Å². The van der Waals surface area contributed by atoms with Gasteiger partial charge in [-0.3, -0.25) is 4.79 Å². The summed E-state index contributed by atoms with van der Waals surface area (Å²) in [6.45, 7) is 3.90. The Bertz CT molecular complexity index is 694. The molecular weight excluding hydrogens is 304 g/mol. The number of carbonyl (C=O) groups is 2. The molecule has 1 heterocycles. The molecule has 0 aliphatic carbocycles. The van der Waals surface area contributed by atoms with Gasteiger partial charge in [0.1, 0.15) is 12.6 Å². The van der Waals surface area contributed by atoms with Crippen LogP contribution in [0, 0.1) is 5.92 Å². The van der Waals surface area contributed by atoms with Crippen LogP contribution in [0.15, 0.2) is 30.5 Å². The smallest absolute Gasteiger partial charge is 0.326 e. The molecule has 118 valence electrons. The predicted octanol–water partition coefficient (Wildman–Crippen LogP) is 2.91. The number of carbonyl (C=O) groups excluding carboxylic acids is 1. The van der Waals surface area contributed by atoms with Crippen molar-refractivity contribution in [3.05, 3.63) is 35.5 Å². The van der Waals surface area contributed by atoms with Gasteiger partial charge in [-0.05, 0) is 35.9 Å². The van der Waals surface area contributed by atoms with Gasteiger partial charge in [-0.2, -0.15) is 0 Å². The largest absolute Gasteiger partial charge is 0.480 e. The Morgan fingerprint density at radius 3 is 2.68 bits per heavy atom. The highest BCUT2D eigenvalue weighted by Gasteiger charge is 2.21. The van der Waals surface area contributed by atoms with Gasteiger partial charge in [-0.15, -0.1) is 0 Å². The molecule has 0 aliphatic rings. The SMILES string of the molecule is CC(C)CC(NC(=O)Cn1ccc2ccc(Cl)cc21)C(=O)O. The van der Waals surface area contributed by atoms with Crippen LogP contribution >= 0.6 is 11.6 Å². The molecule has 0 radical (unpaired) electrons. The minimum absolute atomic E-state index is 0.0612. The summed E-state index contributed by atoms with van der Waals surface area (Å²) < 4.78 is 1.75. The molecule has 1 unspecified atom stereocenters. The molecule has 2 rings (SSSR count). The first-order chi connectivity index (χ1) is 10.4. The Morgan fingerprint density at radius 1 is 1.32 bits per heavy atom. The first kappa shape index (κ1) is 16.4. The van der Waals surface area contributed by atoms with E-state index in [2.05, 4.69) is 5.32 Å². The number of hydrogen-bond donors (Lipinski definition) is 2. The number of benzene rings is 1. The summed E-state index contributed by atoms with van der Waals surface area (Å²) in [5.41, 5.74) is 0.846. The zero-order valence-corrected chi connectivity index (χ0v) is 13.3. The van der Waals surface area contributed by atoms with Gasteiger partial charge in [0.25, 0.3) is 0 Å². The van der Waals surface area contributed by atoms with E-state index in [0.717, 1.165) is 10.9 Å². The number of aromatic nitrogens is 1. The van der Waals surface area contributed by atoms with Gasteiger partial charge in [0.05, 0.1) is 0 Å². The van der Waals surface area contributed by atoms with Crippen LogP contribution in [-0.4, -0.2) is 27.6 Å². The van der Waals surface area contributed by atoms with Crippen LogP contribution in [0.1, 0.15) is 20.3 Å². The van der Waals surface area contributed by atoms with E-state index in [4.69, 9.17) is 16.7 Å². The fraction of sp³-hybridized carbons (Fsp3) is 0.375. The minimum atomic E-state index is -1.01. The summed E-state index contributed by atoms with van der Waals surface area (Å²) in [4.78, 5) is 23.3. The molecule has 2 N–H and O–H groups in total. The Morgan fingerprint density at radius 2 is 2.05 bits per heavy atom. The van der Waals surface area contributed by atoms with Crippen LogP contribution in [-0.2, 0) is 16.1 Å². The molecule has 1 atom stereocenters. The average Bonchev–Trinajstić information content (AvgIpc) is 2.80. The molecule has 1 aromatic carbocycles. The molecule has 1 amide bonds. The molecule has 0 fully saturated rings. The Balaban J connectivity index is 2.10. The summed E-state index contributed by atoms with van der Waals surface area (Å²) in [5.74, 6) is -1.15. The number of fused-ring (bicyclic) bond motifs is 1. The molecule has 22 heavy (non-hydrogen) atoms. The second kappa shape index (κ2) is 6.83. The fourth-order valence-electron chi connectivity index (χ4n) is 2.38. The molecule has 0 bridgehead atoms. The summed E-state index contributed by atoms with van der Waals surface area (Å²) in [7, 11) is 0. The number of nitrogens with one attached hydrogen (secondary N) is 1. The Kier molecular flexibility index (Phi) is 5.08. The van der Waals surface area contributed by atoms with Gasteiger partial charge in [0.2, 0.25) is 5.91 Å². The van der Waals surface area contributed by atoms with Crippen molar-refractivity contribution < 1.29 is 14.7 Å². The van der Waals surface area contributed by atoms with E-state index in [1.165, 1.54) is 0 Å². The molecule has 0 spiro atoms. The number of carboxylic acid groups (broad SMARTS) is 1. The van der Waals surface area contributed by atoms with Crippen LogP contribution in [0.5, 0.6) is 0 Å². The zero-order valence-electron chi connectivity index (χ0n) is 12.5. The van der Waals surface area contributed by atoms with Crippen LogP contribution in [0.2, 0.25) is 5.02 Å². The van der Waals surface area contributed by atoms with Gasteiger partial charge >= 0.3 is 5.97 Å². The lowest BCUT2D eigenvalue weighted by molar-refractivity contribution is -0.142. The summed E-state index contributed by atoms with van der Waals surface area (Å²) in [5, 5.41) is 13.3. The Hall–Kier alpha value is -2.01. The number of aliphatic carboxylic acids is 1.